The van der Waals surface area contributed by atoms with Gasteiger partial charge in [-0.1, -0.05) is 6.07 Å². The Morgan fingerprint density at radius 3 is 2.68 bits per heavy atom. The van der Waals surface area contributed by atoms with Crippen molar-refractivity contribution >= 4 is 0 Å². The second-order valence-electron chi connectivity index (χ2n) is 6.85. The lowest BCUT2D eigenvalue weighted by molar-refractivity contribution is 0.309. The second kappa shape index (κ2) is 6.99. The number of hydrogen-bond acceptors (Lipinski definition) is 4. The molecule has 0 aromatic heterocycles. The van der Waals surface area contributed by atoms with Crippen LogP contribution >= 0.6 is 0 Å². The molecule has 0 bridgehead atoms. The molecule has 2 N–H and O–H groups in total. The lowest BCUT2D eigenvalue weighted by Gasteiger charge is -2.22. The van der Waals surface area contributed by atoms with E-state index < -0.39 is 0 Å². The van der Waals surface area contributed by atoms with E-state index >= 15 is 0 Å². The Kier molecular flexibility index (Phi) is 5.01. The highest BCUT2D eigenvalue weighted by atomic mass is 16.5. The summed E-state index contributed by atoms with van der Waals surface area (Å²) in [5.74, 6) is 1.64. The largest absolute Gasteiger partial charge is 0.496 e. The average Bonchev–Trinajstić information content (AvgIpc) is 3.16. The van der Waals surface area contributed by atoms with Gasteiger partial charge in [-0.05, 0) is 69.6 Å². The summed E-state index contributed by atoms with van der Waals surface area (Å²) >= 11 is 0. The molecule has 4 nitrogen and oxygen atoms in total. The first-order valence-electron chi connectivity index (χ1n) is 8.50. The Bertz CT molecular complexity index is 499. The van der Waals surface area contributed by atoms with Crippen LogP contribution in [0.5, 0.6) is 5.75 Å². The van der Waals surface area contributed by atoms with Crippen molar-refractivity contribution in [1.29, 1.82) is 0 Å². The van der Waals surface area contributed by atoms with E-state index in [1.54, 1.807) is 7.11 Å². The van der Waals surface area contributed by atoms with Gasteiger partial charge in [0.15, 0.2) is 0 Å². The minimum absolute atomic E-state index is 0.497. The molecule has 2 aliphatic heterocycles. The number of benzene rings is 1. The summed E-state index contributed by atoms with van der Waals surface area (Å²) in [5.41, 5.74) is 8.60. The van der Waals surface area contributed by atoms with E-state index in [1.807, 2.05) is 0 Å². The van der Waals surface area contributed by atoms with Crippen LogP contribution in [0.15, 0.2) is 18.2 Å². The van der Waals surface area contributed by atoms with Crippen LogP contribution in [0.25, 0.3) is 0 Å². The molecule has 1 aromatic rings. The number of methoxy groups -OCH3 is 1. The lowest BCUT2D eigenvalue weighted by Crippen LogP contribution is -2.21. The first-order chi connectivity index (χ1) is 10.7. The zero-order valence-electron chi connectivity index (χ0n) is 13.9. The summed E-state index contributed by atoms with van der Waals surface area (Å²) in [5, 5.41) is 0. The van der Waals surface area contributed by atoms with E-state index in [0.29, 0.717) is 12.0 Å². The molecule has 2 atom stereocenters. The molecule has 1 aromatic carbocycles. The number of nitrogens with two attached hydrogens (primary N) is 1. The van der Waals surface area contributed by atoms with Gasteiger partial charge in [0.25, 0.3) is 0 Å². The molecule has 2 saturated heterocycles. The average molecular weight is 303 g/mol. The smallest absolute Gasteiger partial charge is 0.123 e. The predicted molar refractivity (Wildman–Crippen MR) is 90.0 cm³/mol. The number of hydrogen-bond donors (Lipinski definition) is 1. The van der Waals surface area contributed by atoms with Crippen LogP contribution in [0.3, 0.4) is 0 Å². The van der Waals surface area contributed by atoms with Crippen molar-refractivity contribution in [2.45, 2.75) is 31.8 Å². The molecule has 0 amide bonds. The first kappa shape index (κ1) is 15.8. The van der Waals surface area contributed by atoms with Gasteiger partial charge in [-0.2, -0.15) is 0 Å². The van der Waals surface area contributed by atoms with Crippen LogP contribution in [0.4, 0.5) is 0 Å². The number of nitrogens with zero attached hydrogens (tertiary/aromatic N) is 2. The molecule has 22 heavy (non-hydrogen) atoms. The Morgan fingerprint density at radius 1 is 1.27 bits per heavy atom. The van der Waals surface area contributed by atoms with Crippen LogP contribution in [-0.2, 0) is 6.54 Å². The normalized spacial score (nSPS) is 26.7. The summed E-state index contributed by atoms with van der Waals surface area (Å²) in [7, 11) is 3.99. The molecule has 0 aliphatic carbocycles. The van der Waals surface area contributed by atoms with Crippen molar-refractivity contribution in [2.75, 3.05) is 40.3 Å². The monoisotopic (exact) mass is 303 g/mol. The topological polar surface area (TPSA) is 41.7 Å². The third kappa shape index (κ3) is 3.29. The van der Waals surface area contributed by atoms with E-state index in [2.05, 4.69) is 35.0 Å². The number of likely N-dealkylation sites (tertiary alicyclic amines) is 2. The Labute approximate surface area is 134 Å². The van der Waals surface area contributed by atoms with E-state index in [0.717, 1.165) is 25.4 Å². The second-order valence-corrected chi connectivity index (χ2v) is 6.85. The predicted octanol–water partition coefficient (Wildman–Crippen LogP) is 2.24. The van der Waals surface area contributed by atoms with Crippen molar-refractivity contribution in [2.24, 2.45) is 11.7 Å². The molecule has 0 radical (unpaired) electrons. The summed E-state index contributed by atoms with van der Waals surface area (Å²) in [6.45, 7) is 5.33. The molecule has 122 valence electrons. The van der Waals surface area contributed by atoms with Crippen molar-refractivity contribution in [3.8, 4) is 5.75 Å². The number of rotatable bonds is 5. The van der Waals surface area contributed by atoms with Crippen molar-refractivity contribution in [3.05, 3.63) is 29.3 Å². The minimum Gasteiger partial charge on any atom is -0.496 e. The fraction of sp³-hybridized carbons (Fsp3) is 0.667. The molecule has 2 unspecified atom stereocenters. The van der Waals surface area contributed by atoms with Gasteiger partial charge >= 0.3 is 0 Å². The molecule has 3 rings (SSSR count). The SMILES string of the molecule is COc1ccc(C2CC(CN)CN2C)cc1CN1CCCC1. The summed E-state index contributed by atoms with van der Waals surface area (Å²) in [6.07, 6.45) is 3.82. The molecule has 0 spiro atoms. The van der Waals surface area contributed by atoms with Gasteiger partial charge in [0.05, 0.1) is 7.11 Å². The van der Waals surface area contributed by atoms with Crippen molar-refractivity contribution in [1.82, 2.24) is 9.80 Å². The van der Waals surface area contributed by atoms with Gasteiger partial charge in [-0.15, -0.1) is 0 Å². The van der Waals surface area contributed by atoms with E-state index in [1.165, 1.54) is 43.5 Å². The Balaban J connectivity index is 1.80. The van der Waals surface area contributed by atoms with Crippen LogP contribution in [0.1, 0.15) is 36.4 Å². The zero-order valence-corrected chi connectivity index (χ0v) is 13.9. The highest BCUT2D eigenvalue weighted by molar-refractivity contribution is 5.39. The summed E-state index contributed by atoms with van der Waals surface area (Å²) in [6, 6.07) is 7.23. The molecular formula is C18H29N3O. The highest BCUT2D eigenvalue weighted by Gasteiger charge is 2.30. The van der Waals surface area contributed by atoms with Crippen LogP contribution in [-0.4, -0.2) is 50.1 Å². The third-order valence-electron chi connectivity index (χ3n) is 5.25. The van der Waals surface area contributed by atoms with Gasteiger partial charge in [0.1, 0.15) is 5.75 Å². The zero-order chi connectivity index (χ0) is 15.5. The van der Waals surface area contributed by atoms with Gasteiger partial charge < -0.3 is 10.5 Å². The maximum atomic E-state index is 5.87. The van der Waals surface area contributed by atoms with E-state index in [4.69, 9.17) is 10.5 Å². The first-order valence-corrected chi connectivity index (χ1v) is 8.50. The third-order valence-corrected chi connectivity index (χ3v) is 5.25. The Morgan fingerprint density at radius 2 is 2.05 bits per heavy atom. The van der Waals surface area contributed by atoms with Crippen molar-refractivity contribution in [3.63, 3.8) is 0 Å². The Hall–Kier alpha value is -1.10. The molecule has 2 fully saturated rings. The minimum atomic E-state index is 0.497. The van der Waals surface area contributed by atoms with Gasteiger partial charge in [0.2, 0.25) is 0 Å². The quantitative estimate of drug-likeness (QED) is 0.906. The maximum Gasteiger partial charge on any atom is 0.123 e. The van der Waals surface area contributed by atoms with Crippen LogP contribution in [0, 0.1) is 5.92 Å². The fourth-order valence-corrected chi connectivity index (χ4v) is 3.98. The maximum absolute atomic E-state index is 5.87. The van der Waals surface area contributed by atoms with Gasteiger partial charge in [0, 0.05) is 24.7 Å². The lowest BCUT2D eigenvalue weighted by atomic mass is 9.98. The van der Waals surface area contributed by atoms with Crippen molar-refractivity contribution < 1.29 is 4.74 Å². The van der Waals surface area contributed by atoms with Gasteiger partial charge in [-0.25, -0.2) is 0 Å². The fourth-order valence-electron chi connectivity index (χ4n) is 3.98. The van der Waals surface area contributed by atoms with Gasteiger partial charge in [-0.3, -0.25) is 9.80 Å². The van der Waals surface area contributed by atoms with Crippen LogP contribution < -0.4 is 10.5 Å². The summed E-state index contributed by atoms with van der Waals surface area (Å²) in [4.78, 5) is 4.97. The summed E-state index contributed by atoms with van der Waals surface area (Å²) < 4.78 is 5.58. The molecule has 0 saturated carbocycles. The molecule has 2 aliphatic rings. The number of ether oxygens (including phenoxy) is 1. The standard InChI is InChI=1S/C18H29N3O/c1-20-12-14(11-19)9-17(20)15-5-6-18(22-2)16(10-15)13-21-7-3-4-8-21/h5-6,10,14,17H,3-4,7-9,11-13,19H2,1-2H3. The van der Waals surface area contributed by atoms with Crippen LogP contribution in [0.2, 0.25) is 0 Å². The van der Waals surface area contributed by atoms with E-state index in [-0.39, 0.29) is 0 Å². The highest BCUT2D eigenvalue weighted by Crippen LogP contribution is 2.36. The molecule has 4 heteroatoms. The molecule has 2 heterocycles. The molecular weight excluding hydrogens is 274 g/mol. The van der Waals surface area contributed by atoms with E-state index in [9.17, 15) is 0 Å².